The summed E-state index contributed by atoms with van der Waals surface area (Å²) in [5, 5.41) is 21.2. The first-order valence-electron chi connectivity index (χ1n) is 7.62. The number of carbonyl (C=O) groups excluding carboxylic acids is 1. The van der Waals surface area contributed by atoms with Crippen LogP contribution in [0.3, 0.4) is 0 Å². The number of likely N-dealkylation sites (tertiary alicyclic amines) is 1. The molecule has 6 nitrogen and oxygen atoms in total. The van der Waals surface area contributed by atoms with Crippen molar-refractivity contribution in [3.63, 3.8) is 0 Å². The van der Waals surface area contributed by atoms with Gasteiger partial charge >= 0.3 is 0 Å². The van der Waals surface area contributed by atoms with Crippen LogP contribution in [0.5, 0.6) is 5.75 Å². The monoisotopic (exact) mass is 314 g/mol. The van der Waals surface area contributed by atoms with Gasteiger partial charge in [-0.05, 0) is 57.2 Å². The van der Waals surface area contributed by atoms with Crippen LogP contribution in [0.1, 0.15) is 12.8 Å². The van der Waals surface area contributed by atoms with Crippen molar-refractivity contribution in [2.75, 3.05) is 32.5 Å². The van der Waals surface area contributed by atoms with Crippen molar-refractivity contribution in [1.29, 1.82) is 5.26 Å². The number of piperidine rings is 1. The lowest BCUT2D eigenvalue weighted by Gasteiger charge is -2.34. The molecule has 1 amide bonds. The number of rotatable bonds is 4. The van der Waals surface area contributed by atoms with E-state index < -0.39 is 5.91 Å². The fourth-order valence-corrected chi connectivity index (χ4v) is 2.59. The number of carbonyl (C=O) groups is 1. The smallest absolute Gasteiger partial charge is 0.267 e. The summed E-state index contributed by atoms with van der Waals surface area (Å²) in [5.41, 5.74) is 0.607. The normalized spacial score (nSPS) is 16.7. The lowest BCUT2D eigenvalue weighted by atomic mass is 10.0. The van der Waals surface area contributed by atoms with Gasteiger partial charge in [0.05, 0.1) is 0 Å². The molecule has 2 rings (SSSR count). The Kier molecular flexibility index (Phi) is 5.61. The third-order valence-electron chi connectivity index (χ3n) is 4.09. The first-order chi connectivity index (χ1) is 11.0. The molecule has 122 valence electrons. The molecule has 2 N–H and O–H groups in total. The zero-order valence-electron chi connectivity index (χ0n) is 13.5. The molecular formula is C17H22N4O2. The van der Waals surface area contributed by atoms with Crippen LogP contribution in [0.25, 0.3) is 0 Å². The standard InChI is InChI=1S/C17H22N4O2/c1-20-9-7-15(8-10-20)21(2)12-13(11-18)17(23)19-14-3-5-16(22)6-4-14/h3-6,12,15,22H,7-10H2,1-2H3,(H,19,23)/b13-12-. The highest BCUT2D eigenvalue weighted by Crippen LogP contribution is 2.17. The van der Waals surface area contributed by atoms with E-state index in [0.717, 1.165) is 25.9 Å². The average Bonchev–Trinajstić information content (AvgIpc) is 2.55. The Hall–Kier alpha value is -2.52. The van der Waals surface area contributed by atoms with Crippen LogP contribution in [0, 0.1) is 11.3 Å². The van der Waals surface area contributed by atoms with Gasteiger partial charge in [-0.25, -0.2) is 0 Å². The van der Waals surface area contributed by atoms with E-state index >= 15 is 0 Å². The molecule has 23 heavy (non-hydrogen) atoms. The number of anilines is 1. The van der Waals surface area contributed by atoms with Crippen molar-refractivity contribution in [2.24, 2.45) is 0 Å². The number of benzene rings is 1. The van der Waals surface area contributed by atoms with E-state index in [1.54, 1.807) is 18.3 Å². The maximum atomic E-state index is 12.2. The molecule has 0 unspecified atom stereocenters. The Bertz CT molecular complexity index is 610. The number of nitrogens with zero attached hydrogens (tertiary/aromatic N) is 3. The van der Waals surface area contributed by atoms with Gasteiger partial charge in [0.25, 0.3) is 5.91 Å². The number of amides is 1. The Balaban J connectivity index is 2.01. The van der Waals surface area contributed by atoms with Gasteiger partial charge in [-0.1, -0.05) is 0 Å². The molecular weight excluding hydrogens is 292 g/mol. The van der Waals surface area contributed by atoms with E-state index in [0.29, 0.717) is 11.7 Å². The van der Waals surface area contributed by atoms with E-state index in [1.165, 1.54) is 12.1 Å². The zero-order chi connectivity index (χ0) is 16.8. The topological polar surface area (TPSA) is 79.6 Å². The van der Waals surface area contributed by atoms with E-state index in [4.69, 9.17) is 0 Å². The summed E-state index contributed by atoms with van der Waals surface area (Å²) in [5.74, 6) is -0.320. The molecule has 0 atom stereocenters. The fraction of sp³-hybridized carbons (Fsp3) is 0.412. The van der Waals surface area contributed by atoms with Gasteiger partial charge in [0.2, 0.25) is 0 Å². The van der Waals surface area contributed by atoms with Gasteiger partial charge in [0.15, 0.2) is 0 Å². The highest BCUT2D eigenvalue weighted by Gasteiger charge is 2.20. The van der Waals surface area contributed by atoms with Gasteiger partial charge in [0.1, 0.15) is 17.4 Å². The second-order valence-electron chi connectivity index (χ2n) is 5.86. The molecule has 1 aliphatic rings. The summed E-state index contributed by atoms with van der Waals surface area (Å²) in [6.07, 6.45) is 3.65. The van der Waals surface area contributed by atoms with Gasteiger partial charge in [-0.2, -0.15) is 5.26 Å². The molecule has 0 aromatic heterocycles. The summed E-state index contributed by atoms with van der Waals surface area (Å²) in [6.45, 7) is 2.04. The average molecular weight is 314 g/mol. The van der Waals surface area contributed by atoms with E-state index in [1.807, 2.05) is 18.0 Å². The van der Waals surface area contributed by atoms with Crippen LogP contribution in [0.15, 0.2) is 36.0 Å². The maximum Gasteiger partial charge on any atom is 0.267 e. The summed E-state index contributed by atoms with van der Waals surface area (Å²) in [7, 11) is 4.00. The van der Waals surface area contributed by atoms with E-state index in [9.17, 15) is 15.2 Å². The van der Waals surface area contributed by atoms with Crippen molar-refractivity contribution in [2.45, 2.75) is 18.9 Å². The van der Waals surface area contributed by atoms with Crippen molar-refractivity contribution in [3.8, 4) is 11.8 Å². The van der Waals surface area contributed by atoms with Crippen molar-refractivity contribution < 1.29 is 9.90 Å². The van der Waals surface area contributed by atoms with Crippen molar-refractivity contribution >= 4 is 11.6 Å². The lowest BCUT2D eigenvalue weighted by Crippen LogP contribution is -2.40. The van der Waals surface area contributed by atoms with Gasteiger partial charge in [-0.3, -0.25) is 4.79 Å². The van der Waals surface area contributed by atoms with Crippen LogP contribution in [0.4, 0.5) is 5.69 Å². The number of phenols is 1. The second-order valence-corrected chi connectivity index (χ2v) is 5.86. The molecule has 0 bridgehead atoms. The summed E-state index contributed by atoms with van der Waals surface area (Å²) >= 11 is 0. The predicted octanol–water partition coefficient (Wildman–Crippen LogP) is 1.76. The highest BCUT2D eigenvalue weighted by atomic mass is 16.3. The SMILES string of the molecule is CN1CCC(N(C)/C=C(/C#N)C(=O)Nc2ccc(O)cc2)CC1. The first-order valence-corrected chi connectivity index (χ1v) is 7.62. The second kappa shape index (κ2) is 7.65. The zero-order valence-corrected chi connectivity index (χ0v) is 13.5. The summed E-state index contributed by atoms with van der Waals surface area (Å²) in [6, 6.07) is 8.44. The minimum atomic E-state index is -0.446. The van der Waals surface area contributed by atoms with Crippen molar-refractivity contribution in [1.82, 2.24) is 9.80 Å². The Labute approximate surface area is 136 Å². The molecule has 0 spiro atoms. The van der Waals surface area contributed by atoms with Crippen LogP contribution in [-0.2, 0) is 4.79 Å². The quantitative estimate of drug-likeness (QED) is 0.503. The molecule has 6 heteroatoms. The molecule has 0 aliphatic carbocycles. The molecule has 1 saturated heterocycles. The van der Waals surface area contributed by atoms with Gasteiger partial charge in [-0.15, -0.1) is 0 Å². The number of hydrogen-bond acceptors (Lipinski definition) is 5. The van der Waals surface area contributed by atoms with Gasteiger partial charge < -0.3 is 20.2 Å². The third-order valence-corrected chi connectivity index (χ3v) is 4.09. The largest absolute Gasteiger partial charge is 0.508 e. The maximum absolute atomic E-state index is 12.2. The Morgan fingerprint density at radius 1 is 1.39 bits per heavy atom. The minimum Gasteiger partial charge on any atom is -0.508 e. The Morgan fingerprint density at radius 3 is 2.57 bits per heavy atom. The molecule has 0 saturated carbocycles. The highest BCUT2D eigenvalue weighted by molar-refractivity contribution is 6.06. The molecule has 1 aromatic carbocycles. The number of nitrogens with one attached hydrogen (secondary N) is 1. The van der Waals surface area contributed by atoms with Gasteiger partial charge in [0, 0.05) is 25.0 Å². The predicted molar refractivity (Wildman–Crippen MR) is 88.7 cm³/mol. The minimum absolute atomic E-state index is 0.0690. The molecule has 1 aromatic rings. The third kappa shape index (κ3) is 4.73. The van der Waals surface area contributed by atoms with Crippen molar-refractivity contribution in [3.05, 3.63) is 36.0 Å². The van der Waals surface area contributed by atoms with Crippen LogP contribution >= 0.6 is 0 Å². The van der Waals surface area contributed by atoms with E-state index in [2.05, 4.69) is 17.3 Å². The molecule has 1 fully saturated rings. The van der Waals surface area contributed by atoms with Crippen LogP contribution in [-0.4, -0.2) is 54.0 Å². The summed E-state index contributed by atoms with van der Waals surface area (Å²) < 4.78 is 0. The number of aromatic hydroxyl groups is 1. The van der Waals surface area contributed by atoms with Crippen LogP contribution in [0.2, 0.25) is 0 Å². The fourth-order valence-electron chi connectivity index (χ4n) is 2.59. The number of hydrogen-bond donors (Lipinski definition) is 2. The van der Waals surface area contributed by atoms with E-state index in [-0.39, 0.29) is 11.3 Å². The molecule has 0 radical (unpaired) electrons. The summed E-state index contributed by atoms with van der Waals surface area (Å²) in [4.78, 5) is 16.4. The van der Waals surface area contributed by atoms with Crippen LogP contribution < -0.4 is 5.32 Å². The molecule has 1 aliphatic heterocycles. The number of nitriles is 1. The lowest BCUT2D eigenvalue weighted by molar-refractivity contribution is -0.112. The first kappa shape index (κ1) is 16.8. The molecule has 1 heterocycles. The number of phenolic OH excluding ortho intramolecular Hbond substituents is 1. The Morgan fingerprint density at radius 2 is 2.00 bits per heavy atom.